The largest absolute Gasteiger partial charge is 0.395 e. The summed E-state index contributed by atoms with van der Waals surface area (Å²) in [4.78, 5) is 6.48. The summed E-state index contributed by atoms with van der Waals surface area (Å²) in [5.41, 5.74) is 1.14. The SMILES string of the molecule is CCNc1ccc(CN(CCO)CCOC)cn1. The number of methoxy groups -OCH3 is 1. The van der Waals surface area contributed by atoms with Crippen LogP contribution in [-0.4, -0.2) is 54.9 Å². The lowest BCUT2D eigenvalue weighted by atomic mass is 10.2. The molecule has 102 valence electrons. The fourth-order valence-corrected chi connectivity index (χ4v) is 1.69. The van der Waals surface area contributed by atoms with Crippen LogP contribution in [0.2, 0.25) is 0 Å². The summed E-state index contributed by atoms with van der Waals surface area (Å²) in [5.74, 6) is 0.895. The number of nitrogens with zero attached hydrogens (tertiary/aromatic N) is 2. The molecule has 1 heterocycles. The van der Waals surface area contributed by atoms with Crippen molar-refractivity contribution in [2.75, 3.05) is 45.3 Å². The Morgan fingerprint density at radius 3 is 2.78 bits per heavy atom. The average Bonchev–Trinajstić information content (AvgIpc) is 2.39. The van der Waals surface area contributed by atoms with Crippen LogP contribution in [0, 0.1) is 0 Å². The summed E-state index contributed by atoms with van der Waals surface area (Å²) < 4.78 is 5.06. The van der Waals surface area contributed by atoms with E-state index in [1.54, 1.807) is 7.11 Å². The van der Waals surface area contributed by atoms with E-state index in [2.05, 4.69) is 21.3 Å². The molecule has 0 bridgehead atoms. The summed E-state index contributed by atoms with van der Waals surface area (Å²) in [6.07, 6.45) is 1.87. The second kappa shape index (κ2) is 8.85. The van der Waals surface area contributed by atoms with Gasteiger partial charge in [0.05, 0.1) is 13.2 Å². The van der Waals surface area contributed by atoms with Crippen molar-refractivity contribution in [2.45, 2.75) is 13.5 Å². The topological polar surface area (TPSA) is 57.6 Å². The van der Waals surface area contributed by atoms with Gasteiger partial charge in [-0.1, -0.05) is 6.07 Å². The average molecular weight is 253 g/mol. The quantitative estimate of drug-likeness (QED) is 0.686. The third kappa shape index (κ3) is 5.44. The van der Waals surface area contributed by atoms with Gasteiger partial charge in [0.2, 0.25) is 0 Å². The molecule has 0 aliphatic rings. The maximum absolute atomic E-state index is 9.02. The van der Waals surface area contributed by atoms with Gasteiger partial charge in [-0.05, 0) is 18.6 Å². The minimum atomic E-state index is 0.159. The van der Waals surface area contributed by atoms with E-state index in [4.69, 9.17) is 9.84 Å². The third-order valence-electron chi connectivity index (χ3n) is 2.62. The number of pyridine rings is 1. The highest BCUT2D eigenvalue weighted by atomic mass is 16.5. The molecule has 0 aliphatic heterocycles. The second-order valence-corrected chi connectivity index (χ2v) is 4.07. The number of hydrogen-bond donors (Lipinski definition) is 2. The van der Waals surface area contributed by atoms with E-state index in [-0.39, 0.29) is 6.61 Å². The Kier molecular flexibility index (Phi) is 7.32. The van der Waals surface area contributed by atoms with Gasteiger partial charge in [-0.15, -0.1) is 0 Å². The predicted molar refractivity (Wildman–Crippen MR) is 72.6 cm³/mol. The van der Waals surface area contributed by atoms with Crippen LogP contribution in [0.1, 0.15) is 12.5 Å². The zero-order valence-electron chi connectivity index (χ0n) is 11.2. The van der Waals surface area contributed by atoms with E-state index in [1.165, 1.54) is 0 Å². The molecule has 0 saturated heterocycles. The summed E-state index contributed by atoms with van der Waals surface area (Å²) in [7, 11) is 1.68. The molecular weight excluding hydrogens is 230 g/mol. The van der Waals surface area contributed by atoms with Crippen molar-refractivity contribution in [3.8, 4) is 0 Å². The fourth-order valence-electron chi connectivity index (χ4n) is 1.69. The second-order valence-electron chi connectivity index (χ2n) is 4.07. The van der Waals surface area contributed by atoms with E-state index < -0.39 is 0 Å². The van der Waals surface area contributed by atoms with Crippen LogP contribution in [0.25, 0.3) is 0 Å². The molecule has 0 amide bonds. The highest BCUT2D eigenvalue weighted by Crippen LogP contribution is 2.07. The molecule has 0 unspecified atom stereocenters. The fraction of sp³-hybridized carbons (Fsp3) is 0.615. The minimum absolute atomic E-state index is 0.159. The van der Waals surface area contributed by atoms with Gasteiger partial charge in [0.1, 0.15) is 5.82 Å². The van der Waals surface area contributed by atoms with E-state index in [0.29, 0.717) is 13.2 Å². The monoisotopic (exact) mass is 253 g/mol. The lowest BCUT2D eigenvalue weighted by Gasteiger charge is -2.20. The number of hydrogen-bond acceptors (Lipinski definition) is 5. The van der Waals surface area contributed by atoms with Gasteiger partial charge >= 0.3 is 0 Å². The molecule has 0 aliphatic carbocycles. The molecule has 0 fully saturated rings. The van der Waals surface area contributed by atoms with Crippen LogP contribution in [0.5, 0.6) is 0 Å². The van der Waals surface area contributed by atoms with E-state index in [0.717, 1.165) is 31.0 Å². The van der Waals surface area contributed by atoms with E-state index in [9.17, 15) is 0 Å². The first-order valence-corrected chi connectivity index (χ1v) is 6.31. The number of aliphatic hydroxyl groups is 1. The van der Waals surface area contributed by atoms with Crippen molar-refractivity contribution >= 4 is 5.82 Å². The van der Waals surface area contributed by atoms with Gasteiger partial charge < -0.3 is 15.2 Å². The Labute approximate surface area is 109 Å². The summed E-state index contributed by atoms with van der Waals surface area (Å²) in [5, 5.41) is 12.2. The van der Waals surface area contributed by atoms with Crippen molar-refractivity contribution < 1.29 is 9.84 Å². The first-order valence-electron chi connectivity index (χ1n) is 6.31. The zero-order valence-corrected chi connectivity index (χ0v) is 11.2. The molecule has 1 aromatic heterocycles. The molecule has 1 aromatic rings. The van der Waals surface area contributed by atoms with Gasteiger partial charge in [-0.2, -0.15) is 0 Å². The first kappa shape index (κ1) is 14.9. The van der Waals surface area contributed by atoms with Crippen LogP contribution in [0.15, 0.2) is 18.3 Å². The van der Waals surface area contributed by atoms with Crippen LogP contribution in [0.3, 0.4) is 0 Å². The molecular formula is C13H23N3O2. The lowest BCUT2D eigenvalue weighted by Crippen LogP contribution is -2.29. The minimum Gasteiger partial charge on any atom is -0.395 e. The van der Waals surface area contributed by atoms with Crippen molar-refractivity contribution in [3.05, 3.63) is 23.9 Å². The molecule has 0 aromatic carbocycles. The molecule has 0 radical (unpaired) electrons. The number of ether oxygens (including phenoxy) is 1. The highest BCUT2D eigenvalue weighted by Gasteiger charge is 2.05. The summed E-state index contributed by atoms with van der Waals surface area (Å²) >= 11 is 0. The van der Waals surface area contributed by atoms with Gasteiger partial charge in [-0.3, -0.25) is 4.90 Å². The molecule has 0 spiro atoms. The van der Waals surface area contributed by atoms with Crippen molar-refractivity contribution in [1.82, 2.24) is 9.88 Å². The Morgan fingerprint density at radius 1 is 1.39 bits per heavy atom. The van der Waals surface area contributed by atoms with Crippen LogP contribution in [0.4, 0.5) is 5.82 Å². The zero-order chi connectivity index (χ0) is 13.2. The smallest absolute Gasteiger partial charge is 0.125 e. The van der Waals surface area contributed by atoms with Crippen LogP contribution in [-0.2, 0) is 11.3 Å². The maximum atomic E-state index is 9.02. The molecule has 2 N–H and O–H groups in total. The summed E-state index contributed by atoms with van der Waals surface area (Å²) in [6, 6.07) is 4.04. The number of aliphatic hydroxyl groups excluding tert-OH is 1. The molecule has 18 heavy (non-hydrogen) atoms. The third-order valence-corrected chi connectivity index (χ3v) is 2.62. The predicted octanol–water partition coefficient (Wildman–Crippen LogP) is 0.954. The standard InChI is InChI=1S/C13H23N3O2/c1-3-14-13-5-4-12(10-15-13)11-16(6-8-17)7-9-18-2/h4-5,10,17H,3,6-9,11H2,1-2H3,(H,14,15). The maximum Gasteiger partial charge on any atom is 0.125 e. The van der Waals surface area contributed by atoms with Crippen molar-refractivity contribution in [1.29, 1.82) is 0 Å². The van der Waals surface area contributed by atoms with Crippen molar-refractivity contribution in [3.63, 3.8) is 0 Å². The molecule has 0 saturated carbocycles. The number of anilines is 1. The Bertz CT molecular complexity index is 317. The Balaban J connectivity index is 2.51. The number of aromatic nitrogens is 1. The van der Waals surface area contributed by atoms with Crippen molar-refractivity contribution in [2.24, 2.45) is 0 Å². The van der Waals surface area contributed by atoms with E-state index >= 15 is 0 Å². The molecule has 5 heteroatoms. The molecule has 0 atom stereocenters. The van der Waals surface area contributed by atoms with Crippen LogP contribution < -0.4 is 5.32 Å². The highest BCUT2D eigenvalue weighted by molar-refractivity contribution is 5.35. The molecule has 1 rings (SSSR count). The van der Waals surface area contributed by atoms with Crippen LogP contribution >= 0.6 is 0 Å². The van der Waals surface area contributed by atoms with Gasteiger partial charge in [0.25, 0.3) is 0 Å². The first-order chi connectivity index (χ1) is 8.80. The van der Waals surface area contributed by atoms with Gasteiger partial charge in [-0.25, -0.2) is 4.98 Å². The van der Waals surface area contributed by atoms with E-state index in [1.807, 2.05) is 19.2 Å². The number of rotatable bonds is 9. The van der Waals surface area contributed by atoms with Gasteiger partial charge in [0.15, 0.2) is 0 Å². The number of nitrogens with one attached hydrogen (secondary N) is 1. The van der Waals surface area contributed by atoms with Gasteiger partial charge in [0, 0.05) is 39.5 Å². The summed E-state index contributed by atoms with van der Waals surface area (Å²) in [6.45, 7) is 5.99. The normalized spacial score (nSPS) is 10.9. The Morgan fingerprint density at radius 2 is 2.22 bits per heavy atom. The molecule has 5 nitrogen and oxygen atoms in total. The Hall–Kier alpha value is -1.17. The lowest BCUT2D eigenvalue weighted by molar-refractivity contribution is 0.127.